The topological polar surface area (TPSA) is 132 Å². The van der Waals surface area contributed by atoms with Crippen LogP contribution < -0.4 is 11.1 Å². The fourth-order valence-electron chi connectivity index (χ4n) is 5.10. The Labute approximate surface area is 282 Å². The van der Waals surface area contributed by atoms with Crippen molar-refractivity contribution < 1.29 is 10.2 Å². The number of aromatic amines is 2. The summed E-state index contributed by atoms with van der Waals surface area (Å²) in [5.74, 6) is 0.948. The number of nitrogens with one attached hydrogen (secondary N) is 2. The van der Waals surface area contributed by atoms with Crippen molar-refractivity contribution in [3.63, 3.8) is 0 Å². The van der Waals surface area contributed by atoms with Gasteiger partial charge in [-0.2, -0.15) is 0 Å². The standard InChI is InChI=1S/C22H26N2O2.C14H8Br2N2O2/c1-3-5-7-15-9-11-19-17(13-15)22(26)24-21(23-19)18-14-16(8-6-4-2)10-12-20(18)25;15-7-1-3-11-9(5-7)14(20)18-13(17-11)10-6-8(16)2-4-12(10)19/h9-14,25H,3-8H2,1-2H3,(H,23,24,26);1-6,19H,(H,17,18,20). The van der Waals surface area contributed by atoms with Crippen LogP contribution in [0.3, 0.4) is 0 Å². The van der Waals surface area contributed by atoms with Gasteiger partial charge in [0.05, 0.1) is 32.9 Å². The quantitative estimate of drug-likeness (QED) is 0.123. The van der Waals surface area contributed by atoms with Gasteiger partial charge < -0.3 is 20.2 Å². The first-order valence-corrected chi connectivity index (χ1v) is 16.8. The van der Waals surface area contributed by atoms with Gasteiger partial charge in [0.25, 0.3) is 11.1 Å². The minimum absolute atomic E-state index is 0.0628. The van der Waals surface area contributed by atoms with Crippen LogP contribution in [-0.4, -0.2) is 30.1 Å². The lowest BCUT2D eigenvalue weighted by molar-refractivity contribution is 0.476. The first-order valence-electron chi connectivity index (χ1n) is 15.2. The van der Waals surface area contributed by atoms with Gasteiger partial charge in [-0.15, -0.1) is 0 Å². The molecule has 46 heavy (non-hydrogen) atoms. The molecule has 236 valence electrons. The highest BCUT2D eigenvalue weighted by Gasteiger charge is 2.13. The van der Waals surface area contributed by atoms with Gasteiger partial charge in [0.15, 0.2) is 0 Å². The Balaban J connectivity index is 0.000000187. The van der Waals surface area contributed by atoms with Crippen molar-refractivity contribution in [2.45, 2.75) is 52.4 Å². The number of aryl methyl sites for hydroxylation is 2. The van der Waals surface area contributed by atoms with Crippen molar-refractivity contribution in [2.75, 3.05) is 0 Å². The molecule has 2 aromatic heterocycles. The van der Waals surface area contributed by atoms with Crippen LogP contribution in [-0.2, 0) is 12.8 Å². The molecule has 0 aliphatic rings. The molecule has 6 rings (SSSR count). The van der Waals surface area contributed by atoms with Gasteiger partial charge in [-0.25, -0.2) is 9.97 Å². The number of unbranched alkanes of at least 4 members (excludes halogenated alkanes) is 2. The smallest absolute Gasteiger partial charge is 0.259 e. The summed E-state index contributed by atoms with van der Waals surface area (Å²) in [5.41, 5.74) is 4.16. The second-order valence-corrected chi connectivity index (χ2v) is 12.9. The number of aromatic hydroxyl groups is 2. The highest BCUT2D eigenvalue weighted by Crippen LogP contribution is 2.30. The average Bonchev–Trinajstić information content (AvgIpc) is 3.05. The number of H-pyrrole nitrogens is 2. The van der Waals surface area contributed by atoms with Crippen LogP contribution in [0.5, 0.6) is 11.5 Å². The molecule has 0 saturated carbocycles. The number of fused-ring (bicyclic) bond motifs is 2. The number of rotatable bonds is 8. The summed E-state index contributed by atoms with van der Waals surface area (Å²) in [7, 11) is 0. The van der Waals surface area contributed by atoms with Crippen LogP contribution in [0.1, 0.15) is 50.7 Å². The molecule has 0 saturated heterocycles. The molecule has 4 aromatic carbocycles. The number of hydrogen-bond donors (Lipinski definition) is 4. The lowest BCUT2D eigenvalue weighted by Gasteiger charge is -2.09. The molecule has 0 aliphatic heterocycles. The Hall–Kier alpha value is -4.28. The summed E-state index contributed by atoms with van der Waals surface area (Å²) in [6.45, 7) is 4.31. The van der Waals surface area contributed by atoms with Crippen LogP contribution in [0, 0.1) is 0 Å². The number of halogens is 2. The van der Waals surface area contributed by atoms with Crippen LogP contribution in [0.15, 0.2) is 91.3 Å². The number of benzene rings is 4. The van der Waals surface area contributed by atoms with Crippen molar-refractivity contribution in [3.05, 3.63) is 114 Å². The molecule has 0 amide bonds. The summed E-state index contributed by atoms with van der Waals surface area (Å²) < 4.78 is 1.61. The lowest BCUT2D eigenvalue weighted by Crippen LogP contribution is -2.10. The molecule has 0 unspecified atom stereocenters. The zero-order chi connectivity index (χ0) is 32.8. The van der Waals surface area contributed by atoms with Crippen molar-refractivity contribution >= 4 is 53.7 Å². The summed E-state index contributed by atoms with van der Waals surface area (Å²) in [4.78, 5) is 39.2. The van der Waals surface area contributed by atoms with Crippen molar-refractivity contribution in [3.8, 4) is 34.3 Å². The van der Waals surface area contributed by atoms with E-state index in [1.165, 1.54) is 0 Å². The highest BCUT2D eigenvalue weighted by atomic mass is 79.9. The van der Waals surface area contributed by atoms with E-state index < -0.39 is 0 Å². The minimum atomic E-state index is -0.245. The largest absolute Gasteiger partial charge is 0.507 e. The van der Waals surface area contributed by atoms with Gasteiger partial charge in [-0.1, -0.05) is 70.7 Å². The third kappa shape index (κ3) is 7.74. The number of aromatic nitrogens is 4. The van der Waals surface area contributed by atoms with Gasteiger partial charge in [-0.3, -0.25) is 9.59 Å². The maximum absolute atomic E-state index is 12.6. The predicted molar refractivity (Wildman–Crippen MR) is 192 cm³/mol. The highest BCUT2D eigenvalue weighted by molar-refractivity contribution is 9.10. The summed E-state index contributed by atoms with van der Waals surface area (Å²) in [6, 6.07) is 21.6. The molecule has 0 spiro atoms. The van der Waals surface area contributed by atoms with Gasteiger partial charge >= 0.3 is 0 Å². The molecule has 8 nitrogen and oxygen atoms in total. The molecule has 2 heterocycles. The molecule has 0 aliphatic carbocycles. The van der Waals surface area contributed by atoms with Crippen LogP contribution >= 0.6 is 31.9 Å². The minimum Gasteiger partial charge on any atom is -0.507 e. The predicted octanol–water partition coefficient (Wildman–Crippen LogP) is 8.80. The van der Waals surface area contributed by atoms with E-state index in [-0.39, 0.29) is 22.6 Å². The molecular formula is C36H34Br2N4O4. The third-order valence-electron chi connectivity index (χ3n) is 7.61. The molecule has 4 N–H and O–H groups in total. The Kier molecular flexibility index (Phi) is 10.7. The van der Waals surface area contributed by atoms with Crippen molar-refractivity contribution in [2.24, 2.45) is 0 Å². The summed E-state index contributed by atoms with van der Waals surface area (Å²) in [6.07, 6.45) is 6.34. The Morgan fingerprint density at radius 1 is 0.609 bits per heavy atom. The van der Waals surface area contributed by atoms with E-state index in [9.17, 15) is 19.8 Å². The van der Waals surface area contributed by atoms with Crippen LogP contribution in [0.2, 0.25) is 0 Å². The van der Waals surface area contributed by atoms with Gasteiger partial charge in [0.2, 0.25) is 0 Å². The Morgan fingerprint density at radius 3 is 1.67 bits per heavy atom. The van der Waals surface area contributed by atoms with Crippen LogP contribution in [0.4, 0.5) is 0 Å². The molecule has 0 radical (unpaired) electrons. The van der Waals surface area contributed by atoms with Crippen LogP contribution in [0.25, 0.3) is 44.6 Å². The summed E-state index contributed by atoms with van der Waals surface area (Å²) >= 11 is 6.66. The van der Waals surface area contributed by atoms with Gasteiger partial charge in [0, 0.05) is 8.95 Å². The molecule has 0 bridgehead atoms. The molecular weight excluding hydrogens is 712 g/mol. The third-order valence-corrected chi connectivity index (χ3v) is 8.59. The molecule has 6 aromatic rings. The van der Waals surface area contributed by atoms with E-state index in [1.807, 2.05) is 36.4 Å². The fourth-order valence-corrected chi connectivity index (χ4v) is 5.82. The molecule has 0 atom stereocenters. The second-order valence-electron chi connectivity index (χ2n) is 11.1. The first-order chi connectivity index (χ1) is 22.2. The zero-order valence-corrected chi connectivity index (χ0v) is 28.7. The van der Waals surface area contributed by atoms with Gasteiger partial charge in [-0.05, 0) is 97.5 Å². The maximum Gasteiger partial charge on any atom is 0.259 e. The Bertz CT molecular complexity index is 2140. The normalized spacial score (nSPS) is 11.0. The Morgan fingerprint density at radius 2 is 1.07 bits per heavy atom. The average molecular weight is 746 g/mol. The maximum atomic E-state index is 12.6. The van der Waals surface area contributed by atoms with E-state index in [0.29, 0.717) is 44.6 Å². The molecule has 10 heteroatoms. The number of nitrogens with zero attached hydrogens (tertiary/aromatic N) is 2. The summed E-state index contributed by atoms with van der Waals surface area (Å²) in [5, 5.41) is 21.3. The second kappa shape index (κ2) is 14.9. The van der Waals surface area contributed by atoms with E-state index in [2.05, 4.69) is 65.6 Å². The monoisotopic (exact) mass is 744 g/mol. The van der Waals surface area contributed by atoms with E-state index in [1.54, 1.807) is 36.4 Å². The number of phenols is 2. The zero-order valence-electron chi connectivity index (χ0n) is 25.5. The fraction of sp³-hybridized carbons (Fsp3) is 0.222. The molecule has 0 fully saturated rings. The lowest BCUT2D eigenvalue weighted by atomic mass is 10.0. The van der Waals surface area contributed by atoms with Crippen molar-refractivity contribution in [1.29, 1.82) is 0 Å². The van der Waals surface area contributed by atoms with Crippen molar-refractivity contribution in [1.82, 2.24) is 19.9 Å². The van der Waals surface area contributed by atoms with E-state index in [4.69, 9.17) is 0 Å². The SMILES string of the molecule is CCCCc1ccc(O)c(-c2nc3ccc(CCCC)cc3c(=O)[nH]2)c1.O=c1[nH]c(-c2cc(Br)ccc2O)nc2ccc(Br)cc12. The first kappa shape index (κ1) is 33.1. The van der Waals surface area contributed by atoms with Gasteiger partial charge in [0.1, 0.15) is 23.1 Å². The van der Waals surface area contributed by atoms with E-state index >= 15 is 0 Å². The van der Waals surface area contributed by atoms with E-state index in [0.717, 1.165) is 58.6 Å². The number of phenolic OH excluding ortho intramolecular Hbond substituents is 2. The number of hydrogen-bond acceptors (Lipinski definition) is 6.